The Hall–Kier alpha value is -0.0400. The SMILES string of the molecule is CC.CCCCC1CNCC(CC)C1. The maximum Gasteiger partial charge on any atom is -0.00203 e. The van der Waals surface area contributed by atoms with Crippen LogP contribution in [0.3, 0.4) is 0 Å². The molecule has 1 rings (SSSR count). The second kappa shape index (κ2) is 9.51. The highest BCUT2D eigenvalue weighted by molar-refractivity contribution is 4.75. The number of piperidine rings is 1. The van der Waals surface area contributed by atoms with Gasteiger partial charge in [-0.15, -0.1) is 0 Å². The minimum absolute atomic E-state index is 0.959. The van der Waals surface area contributed by atoms with Crippen molar-refractivity contribution in [1.29, 1.82) is 0 Å². The van der Waals surface area contributed by atoms with E-state index in [0.717, 1.165) is 11.8 Å². The van der Waals surface area contributed by atoms with Crippen molar-refractivity contribution in [1.82, 2.24) is 5.32 Å². The molecule has 1 saturated heterocycles. The van der Waals surface area contributed by atoms with E-state index >= 15 is 0 Å². The van der Waals surface area contributed by atoms with Gasteiger partial charge in [0.05, 0.1) is 0 Å². The highest BCUT2D eigenvalue weighted by Crippen LogP contribution is 2.22. The van der Waals surface area contributed by atoms with Gasteiger partial charge in [-0.05, 0) is 37.8 Å². The first-order valence-electron chi connectivity index (χ1n) is 6.57. The van der Waals surface area contributed by atoms with Crippen LogP contribution in [0.25, 0.3) is 0 Å². The maximum absolute atomic E-state index is 3.54. The first kappa shape index (κ1) is 14.0. The third kappa shape index (κ3) is 5.64. The Balaban J connectivity index is 0.000000791. The van der Waals surface area contributed by atoms with Crippen molar-refractivity contribution < 1.29 is 0 Å². The quantitative estimate of drug-likeness (QED) is 0.725. The lowest BCUT2D eigenvalue weighted by Gasteiger charge is -2.29. The molecule has 86 valence electrons. The average Bonchev–Trinajstić information content (AvgIpc) is 2.29. The predicted octanol–water partition coefficient (Wildman–Crippen LogP) is 3.84. The number of rotatable bonds is 4. The molecular weight excluding hydrogens is 170 g/mol. The van der Waals surface area contributed by atoms with Gasteiger partial charge in [0.2, 0.25) is 0 Å². The van der Waals surface area contributed by atoms with Gasteiger partial charge < -0.3 is 5.32 Å². The lowest BCUT2D eigenvalue weighted by Crippen LogP contribution is -2.35. The lowest BCUT2D eigenvalue weighted by atomic mass is 9.86. The first-order valence-corrected chi connectivity index (χ1v) is 6.57. The molecule has 0 aliphatic carbocycles. The number of nitrogens with one attached hydrogen (secondary N) is 1. The van der Waals surface area contributed by atoms with Gasteiger partial charge in [0.1, 0.15) is 0 Å². The Labute approximate surface area is 90.7 Å². The zero-order chi connectivity index (χ0) is 10.8. The third-order valence-electron chi connectivity index (χ3n) is 3.08. The summed E-state index contributed by atoms with van der Waals surface area (Å²) < 4.78 is 0. The van der Waals surface area contributed by atoms with Crippen molar-refractivity contribution in [2.24, 2.45) is 11.8 Å². The molecule has 14 heavy (non-hydrogen) atoms. The van der Waals surface area contributed by atoms with Crippen LogP contribution in [0.2, 0.25) is 0 Å². The van der Waals surface area contributed by atoms with Crippen LogP contribution in [0.1, 0.15) is 59.8 Å². The molecule has 1 heterocycles. The number of hydrogen-bond acceptors (Lipinski definition) is 1. The largest absolute Gasteiger partial charge is 0.316 e. The third-order valence-corrected chi connectivity index (χ3v) is 3.08. The van der Waals surface area contributed by atoms with Gasteiger partial charge >= 0.3 is 0 Å². The fourth-order valence-corrected chi connectivity index (χ4v) is 2.15. The molecule has 0 aromatic heterocycles. The van der Waals surface area contributed by atoms with Crippen LogP contribution in [-0.4, -0.2) is 13.1 Å². The van der Waals surface area contributed by atoms with Crippen molar-refractivity contribution >= 4 is 0 Å². The summed E-state index contributed by atoms with van der Waals surface area (Å²) in [5, 5.41) is 3.54. The van der Waals surface area contributed by atoms with E-state index in [1.54, 1.807) is 0 Å². The zero-order valence-electron chi connectivity index (χ0n) is 10.6. The van der Waals surface area contributed by atoms with E-state index in [1.807, 2.05) is 13.8 Å². The second-order valence-corrected chi connectivity index (χ2v) is 4.18. The molecule has 1 fully saturated rings. The average molecular weight is 199 g/mol. The summed E-state index contributed by atoms with van der Waals surface area (Å²) in [5.74, 6) is 1.93. The Morgan fingerprint density at radius 2 is 1.71 bits per heavy atom. The highest BCUT2D eigenvalue weighted by Gasteiger charge is 2.19. The number of unbranched alkanes of at least 4 members (excludes halogenated alkanes) is 1. The summed E-state index contributed by atoms with van der Waals surface area (Å²) in [4.78, 5) is 0. The molecule has 0 radical (unpaired) electrons. The molecule has 2 atom stereocenters. The van der Waals surface area contributed by atoms with Gasteiger partial charge in [-0.1, -0.05) is 47.0 Å². The summed E-state index contributed by atoms with van der Waals surface area (Å²) in [6.45, 7) is 11.1. The van der Waals surface area contributed by atoms with Crippen molar-refractivity contribution in [2.75, 3.05) is 13.1 Å². The van der Waals surface area contributed by atoms with Crippen LogP contribution < -0.4 is 5.32 Å². The van der Waals surface area contributed by atoms with Crippen LogP contribution >= 0.6 is 0 Å². The Bertz CT molecular complexity index is 112. The fourth-order valence-electron chi connectivity index (χ4n) is 2.15. The summed E-state index contributed by atoms with van der Waals surface area (Å²) in [6, 6.07) is 0. The molecule has 2 unspecified atom stereocenters. The van der Waals surface area contributed by atoms with E-state index < -0.39 is 0 Å². The van der Waals surface area contributed by atoms with Gasteiger partial charge in [0.15, 0.2) is 0 Å². The first-order chi connectivity index (χ1) is 6.86. The topological polar surface area (TPSA) is 12.0 Å². The Kier molecular flexibility index (Phi) is 9.49. The highest BCUT2D eigenvalue weighted by atomic mass is 14.9. The lowest BCUT2D eigenvalue weighted by molar-refractivity contribution is 0.265. The minimum atomic E-state index is 0.959. The standard InChI is InChI=1S/C11H23N.C2H6/c1-3-5-6-11-7-10(4-2)8-12-9-11;1-2/h10-12H,3-9H2,1-2H3;1-2H3. The minimum Gasteiger partial charge on any atom is -0.316 e. The van der Waals surface area contributed by atoms with Gasteiger partial charge in [-0.3, -0.25) is 0 Å². The zero-order valence-corrected chi connectivity index (χ0v) is 10.6. The molecule has 1 aliphatic rings. The summed E-state index contributed by atoms with van der Waals surface area (Å²) >= 11 is 0. The molecule has 1 heteroatoms. The van der Waals surface area contributed by atoms with Crippen molar-refractivity contribution in [3.8, 4) is 0 Å². The molecule has 1 aliphatic heterocycles. The summed E-state index contributed by atoms with van der Waals surface area (Å²) in [6.07, 6.45) is 7.05. The summed E-state index contributed by atoms with van der Waals surface area (Å²) in [7, 11) is 0. The molecular formula is C13H29N. The van der Waals surface area contributed by atoms with E-state index in [0.29, 0.717) is 0 Å². The van der Waals surface area contributed by atoms with Gasteiger partial charge in [0, 0.05) is 0 Å². The molecule has 0 amide bonds. The van der Waals surface area contributed by atoms with Crippen molar-refractivity contribution in [2.45, 2.75) is 59.8 Å². The fraction of sp³-hybridized carbons (Fsp3) is 1.00. The molecule has 0 bridgehead atoms. The van der Waals surface area contributed by atoms with Crippen LogP contribution in [0, 0.1) is 11.8 Å². The predicted molar refractivity (Wildman–Crippen MR) is 65.6 cm³/mol. The van der Waals surface area contributed by atoms with Gasteiger partial charge in [0.25, 0.3) is 0 Å². The smallest absolute Gasteiger partial charge is 0.00203 e. The van der Waals surface area contributed by atoms with Gasteiger partial charge in [-0.25, -0.2) is 0 Å². The second-order valence-electron chi connectivity index (χ2n) is 4.18. The van der Waals surface area contributed by atoms with Crippen LogP contribution in [0.4, 0.5) is 0 Å². The van der Waals surface area contributed by atoms with E-state index in [2.05, 4.69) is 19.2 Å². The van der Waals surface area contributed by atoms with E-state index in [-0.39, 0.29) is 0 Å². The Morgan fingerprint density at radius 3 is 2.29 bits per heavy atom. The Morgan fingerprint density at radius 1 is 1.07 bits per heavy atom. The van der Waals surface area contributed by atoms with Crippen LogP contribution in [0.15, 0.2) is 0 Å². The normalized spacial score (nSPS) is 26.6. The molecule has 1 nitrogen and oxygen atoms in total. The molecule has 0 aromatic rings. The van der Waals surface area contributed by atoms with Gasteiger partial charge in [-0.2, -0.15) is 0 Å². The van der Waals surface area contributed by atoms with E-state index in [4.69, 9.17) is 0 Å². The molecule has 1 N–H and O–H groups in total. The van der Waals surface area contributed by atoms with Crippen molar-refractivity contribution in [3.05, 3.63) is 0 Å². The van der Waals surface area contributed by atoms with Crippen LogP contribution in [0.5, 0.6) is 0 Å². The maximum atomic E-state index is 3.54. The van der Waals surface area contributed by atoms with E-state index in [9.17, 15) is 0 Å². The molecule has 0 aromatic carbocycles. The summed E-state index contributed by atoms with van der Waals surface area (Å²) in [5.41, 5.74) is 0. The van der Waals surface area contributed by atoms with E-state index in [1.165, 1.54) is 45.2 Å². The number of hydrogen-bond donors (Lipinski definition) is 1. The van der Waals surface area contributed by atoms with Crippen molar-refractivity contribution in [3.63, 3.8) is 0 Å². The monoisotopic (exact) mass is 199 g/mol. The molecule has 0 spiro atoms. The molecule has 0 saturated carbocycles. The van der Waals surface area contributed by atoms with Crippen LogP contribution in [-0.2, 0) is 0 Å².